The molecule has 0 aliphatic heterocycles. The first kappa shape index (κ1) is 12.0. The molecule has 0 spiro atoms. The summed E-state index contributed by atoms with van der Waals surface area (Å²) in [6.07, 6.45) is 6.09. The lowest BCUT2D eigenvalue weighted by Gasteiger charge is -2.26. The van der Waals surface area contributed by atoms with Crippen molar-refractivity contribution >= 4 is 17.4 Å². The van der Waals surface area contributed by atoms with E-state index in [-0.39, 0.29) is 18.6 Å². The third kappa shape index (κ3) is 2.60. The molecular weight excluding hydrogens is 236 g/mol. The minimum absolute atomic E-state index is 0.0302. The van der Waals surface area contributed by atoms with E-state index in [2.05, 4.69) is 16.6 Å². The van der Waals surface area contributed by atoms with Crippen LogP contribution in [0.1, 0.15) is 35.4 Å². The summed E-state index contributed by atoms with van der Waals surface area (Å²) in [4.78, 5) is 12.5. The first-order valence-electron chi connectivity index (χ1n) is 5.45. The van der Waals surface area contributed by atoms with Gasteiger partial charge in [0.25, 0.3) is 0 Å². The van der Waals surface area contributed by atoms with Crippen molar-refractivity contribution in [2.24, 2.45) is 0 Å². The van der Waals surface area contributed by atoms with E-state index < -0.39 is 6.10 Å². The van der Waals surface area contributed by atoms with E-state index in [1.807, 2.05) is 11.4 Å². The van der Waals surface area contributed by atoms with Gasteiger partial charge in [-0.25, -0.2) is 4.79 Å². The van der Waals surface area contributed by atoms with Gasteiger partial charge in [-0.1, -0.05) is 5.92 Å². The highest BCUT2D eigenvalue weighted by atomic mass is 32.1. The van der Waals surface area contributed by atoms with Crippen molar-refractivity contribution in [1.82, 2.24) is 10.6 Å². The first-order valence-corrected chi connectivity index (χ1v) is 6.33. The lowest BCUT2D eigenvalue weighted by atomic mass is 9.92. The van der Waals surface area contributed by atoms with E-state index in [9.17, 15) is 9.90 Å². The van der Waals surface area contributed by atoms with Gasteiger partial charge in [0.1, 0.15) is 0 Å². The van der Waals surface area contributed by atoms with Gasteiger partial charge in [0.2, 0.25) is 0 Å². The number of aliphatic hydroxyl groups excluding tert-OH is 1. The van der Waals surface area contributed by atoms with Crippen LogP contribution < -0.4 is 10.6 Å². The van der Waals surface area contributed by atoms with Gasteiger partial charge >= 0.3 is 6.03 Å². The SMILES string of the molecule is C#CCNC(=O)NC1CCC(O)c2sccc21. The average Bonchev–Trinajstić information content (AvgIpc) is 2.80. The van der Waals surface area contributed by atoms with E-state index in [0.29, 0.717) is 6.42 Å². The Bertz CT molecular complexity index is 450. The van der Waals surface area contributed by atoms with E-state index in [1.165, 1.54) is 11.3 Å². The molecule has 2 amide bonds. The number of hydrogen-bond donors (Lipinski definition) is 3. The van der Waals surface area contributed by atoms with Crippen LogP contribution in [-0.4, -0.2) is 17.7 Å². The van der Waals surface area contributed by atoms with Gasteiger partial charge in [0.05, 0.1) is 18.7 Å². The number of terminal acetylenes is 1. The van der Waals surface area contributed by atoms with Crippen LogP contribution >= 0.6 is 11.3 Å². The van der Waals surface area contributed by atoms with Crippen LogP contribution in [0.15, 0.2) is 11.4 Å². The number of rotatable bonds is 2. The molecule has 5 heteroatoms. The Kier molecular flexibility index (Phi) is 3.67. The number of nitrogens with one attached hydrogen (secondary N) is 2. The topological polar surface area (TPSA) is 61.4 Å². The van der Waals surface area contributed by atoms with Crippen molar-refractivity contribution in [1.29, 1.82) is 0 Å². The zero-order valence-electron chi connectivity index (χ0n) is 9.27. The minimum atomic E-state index is -0.392. The Labute approximate surface area is 104 Å². The van der Waals surface area contributed by atoms with E-state index >= 15 is 0 Å². The number of carbonyl (C=O) groups is 1. The molecule has 0 aromatic carbocycles. The molecule has 1 aliphatic carbocycles. The molecule has 1 heterocycles. The van der Waals surface area contributed by atoms with Crippen LogP contribution in [0.4, 0.5) is 4.79 Å². The summed E-state index contributed by atoms with van der Waals surface area (Å²) < 4.78 is 0. The maximum absolute atomic E-state index is 11.5. The number of aliphatic hydroxyl groups is 1. The molecule has 90 valence electrons. The Balaban J connectivity index is 2.03. The maximum Gasteiger partial charge on any atom is 0.316 e. The number of fused-ring (bicyclic) bond motifs is 1. The molecule has 17 heavy (non-hydrogen) atoms. The second-order valence-electron chi connectivity index (χ2n) is 3.92. The van der Waals surface area contributed by atoms with Crippen molar-refractivity contribution in [3.63, 3.8) is 0 Å². The molecule has 0 saturated carbocycles. The van der Waals surface area contributed by atoms with Gasteiger partial charge in [-0.3, -0.25) is 0 Å². The normalized spacial score (nSPS) is 22.4. The van der Waals surface area contributed by atoms with Crippen LogP contribution in [0.2, 0.25) is 0 Å². The summed E-state index contributed by atoms with van der Waals surface area (Å²) in [5, 5.41) is 17.2. The summed E-state index contributed by atoms with van der Waals surface area (Å²) in [6.45, 7) is 0.220. The fourth-order valence-electron chi connectivity index (χ4n) is 1.99. The molecule has 0 fully saturated rings. The van der Waals surface area contributed by atoms with Gasteiger partial charge in [-0.05, 0) is 29.9 Å². The van der Waals surface area contributed by atoms with Crippen molar-refractivity contribution in [3.8, 4) is 12.3 Å². The van der Waals surface area contributed by atoms with Gasteiger partial charge in [0.15, 0.2) is 0 Å². The Hall–Kier alpha value is -1.51. The number of thiophene rings is 1. The van der Waals surface area contributed by atoms with Crippen LogP contribution in [0.5, 0.6) is 0 Å². The molecule has 2 rings (SSSR count). The molecule has 4 nitrogen and oxygen atoms in total. The molecule has 1 aromatic heterocycles. The summed E-state index contributed by atoms with van der Waals surface area (Å²) in [6, 6.07) is 1.66. The molecule has 0 bridgehead atoms. The smallest absolute Gasteiger partial charge is 0.316 e. The van der Waals surface area contributed by atoms with Crippen molar-refractivity contribution in [3.05, 3.63) is 21.9 Å². The van der Waals surface area contributed by atoms with Crippen LogP contribution in [0, 0.1) is 12.3 Å². The number of carbonyl (C=O) groups excluding carboxylic acids is 1. The quantitative estimate of drug-likeness (QED) is 0.697. The fraction of sp³-hybridized carbons (Fsp3) is 0.417. The summed E-state index contributed by atoms with van der Waals surface area (Å²) in [5.74, 6) is 2.35. The number of amides is 2. The molecule has 0 radical (unpaired) electrons. The molecule has 2 unspecified atom stereocenters. The minimum Gasteiger partial charge on any atom is -0.388 e. The lowest BCUT2D eigenvalue weighted by molar-refractivity contribution is 0.151. The van der Waals surface area contributed by atoms with Crippen molar-refractivity contribution in [2.75, 3.05) is 6.54 Å². The Morgan fingerprint density at radius 1 is 1.65 bits per heavy atom. The average molecular weight is 250 g/mol. The molecule has 1 aliphatic rings. The van der Waals surface area contributed by atoms with E-state index in [4.69, 9.17) is 6.42 Å². The van der Waals surface area contributed by atoms with Gasteiger partial charge in [-0.15, -0.1) is 17.8 Å². The van der Waals surface area contributed by atoms with Gasteiger partial charge in [0, 0.05) is 4.88 Å². The zero-order chi connectivity index (χ0) is 12.3. The zero-order valence-corrected chi connectivity index (χ0v) is 10.1. The monoisotopic (exact) mass is 250 g/mol. The molecule has 3 N–H and O–H groups in total. The third-order valence-corrected chi connectivity index (χ3v) is 3.82. The highest BCUT2D eigenvalue weighted by molar-refractivity contribution is 7.10. The number of urea groups is 1. The van der Waals surface area contributed by atoms with Gasteiger partial charge < -0.3 is 15.7 Å². The van der Waals surface area contributed by atoms with Crippen LogP contribution in [-0.2, 0) is 0 Å². The molecule has 1 aromatic rings. The Morgan fingerprint density at radius 3 is 3.24 bits per heavy atom. The summed E-state index contributed by atoms with van der Waals surface area (Å²) >= 11 is 1.53. The predicted octanol–water partition coefficient (Wildman–Crippen LogP) is 1.55. The maximum atomic E-state index is 11.5. The fourth-order valence-corrected chi connectivity index (χ4v) is 2.97. The first-order chi connectivity index (χ1) is 8.22. The summed E-state index contributed by atoms with van der Waals surface area (Å²) in [7, 11) is 0. The van der Waals surface area contributed by atoms with Crippen molar-refractivity contribution in [2.45, 2.75) is 25.0 Å². The van der Waals surface area contributed by atoms with Gasteiger partial charge in [-0.2, -0.15) is 0 Å². The largest absolute Gasteiger partial charge is 0.388 e. The molecule has 0 saturated heterocycles. The lowest BCUT2D eigenvalue weighted by Crippen LogP contribution is -2.39. The second kappa shape index (κ2) is 5.21. The summed E-state index contributed by atoms with van der Waals surface area (Å²) in [5.41, 5.74) is 1.02. The predicted molar refractivity (Wildman–Crippen MR) is 66.6 cm³/mol. The van der Waals surface area contributed by atoms with E-state index in [0.717, 1.165) is 16.9 Å². The second-order valence-corrected chi connectivity index (χ2v) is 4.86. The number of hydrogen-bond acceptors (Lipinski definition) is 3. The molecule has 2 atom stereocenters. The highest BCUT2D eigenvalue weighted by Crippen LogP contribution is 2.39. The van der Waals surface area contributed by atoms with Crippen molar-refractivity contribution < 1.29 is 9.90 Å². The van der Waals surface area contributed by atoms with Crippen LogP contribution in [0.25, 0.3) is 0 Å². The van der Waals surface area contributed by atoms with Crippen LogP contribution in [0.3, 0.4) is 0 Å². The Morgan fingerprint density at radius 2 is 2.47 bits per heavy atom. The molecular formula is C12H14N2O2S. The highest BCUT2D eigenvalue weighted by Gasteiger charge is 2.27. The third-order valence-electron chi connectivity index (χ3n) is 2.79. The standard InChI is InChI=1S/C12H14N2O2S/c1-2-6-13-12(16)14-9-3-4-10(15)11-8(9)5-7-17-11/h1,5,7,9-10,15H,3-4,6H2,(H2,13,14,16). The van der Waals surface area contributed by atoms with E-state index in [1.54, 1.807) is 0 Å².